The van der Waals surface area contributed by atoms with Gasteiger partial charge in [-0.3, -0.25) is 4.79 Å². The predicted octanol–water partition coefficient (Wildman–Crippen LogP) is 4.09. The lowest BCUT2D eigenvalue weighted by atomic mass is 9.96. The van der Waals surface area contributed by atoms with Gasteiger partial charge >= 0.3 is 0 Å². The number of rotatable bonds is 7. The lowest BCUT2D eigenvalue weighted by molar-refractivity contribution is -0.122. The number of carbonyl (C=O) groups is 1. The first kappa shape index (κ1) is 24.3. The zero-order chi connectivity index (χ0) is 25.6. The Morgan fingerprint density at radius 2 is 1.62 bits per heavy atom. The Morgan fingerprint density at radius 1 is 0.892 bits per heavy atom. The van der Waals surface area contributed by atoms with Crippen molar-refractivity contribution in [3.63, 3.8) is 0 Å². The molecule has 1 aromatic carbocycles. The molecule has 4 aromatic rings. The Labute approximate surface area is 215 Å². The van der Waals surface area contributed by atoms with Crippen molar-refractivity contribution in [2.45, 2.75) is 19.8 Å². The Kier molecular flexibility index (Phi) is 7.27. The van der Waals surface area contributed by atoms with Gasteiger partial charge in [0.2, 0.25) is 11.9 Å². The molecule has 1 aliphatic rings. The Balaban J connectivity index is 1.24. The second-order valence-corrected chi connectivity index (χ2v) is 8.91. The molecule has 0 unspecified atom stereocenters. The molecule has 1 aliphatic heterocycles. The van der Waals surface area contributed by atoms with Crippen LogP contribution in [0.25, 0.3) is 11.5 Å². The third-order valence-electron chi connectivity index (χ3n) is 6.21. The molecule has 0 atom stereocenters. The maximum absolute atomic E-state index is 12.8. The molecule has 0 saturated carbocycles. The van der Waals surface area contributed by atoms with Crippen LogP contribution in [0.5, 0.6) is 0 Å². The molecule has 5 rings (SSSR count). The molecular formula is C27H29N9O. The molecule has 0 radical (unpaired) electrons. The van der Waals surface area contributed by atoms with Crippen molar-refractivity contribution in [1.29, 1.82) is 0 Å². The van der Waals surface area contributed by atoms with Gasteiger partial charge in [-0.25, -0.2) is 19.9 Å². The second kappa shape index (κ2) is 11.1. The zero-order valence-electron chi connectivity index (χ0n) is 20.8. The highest BCUT2D eigenvalue weighted by molar-refractivity contribution is 5.94. The molecular weight excluding hydrogens is 466 g/mol. The van der Waals surface area contributed by atoms with E-state index in [0.717, 1.165) is 43.0 Å². The fourth-order valence-corrected chi connectivity index (χ4v) is 4.21. The van der Waals surface area contributed by atoms with Crippen molar-refractivity contribution < 1.29 is 4.79 Å². The van der Waals surface area contributed by atoms with Crippen LogP contribution >= 0.6 is 0 Å². The van der Waals surface area contributed by atoms with Crippen molar-refractivity contribution in [2.75, 3.05) is 35.7 Å². The summed E-state index contributed by atoms with van der Waals surface area (Å²) in [6.07, 6.45) is 5.11. The van der Waals surface area contributed by atoms with Crippen LogP contribution in [0.1, 0.15) is 18.5 Å². The van der Waals surface area contributed by atoms with E-state index < -0.39 is 0 Å². The first-order valence-corrected chi connectivity index (χ1v) is 12.3. The topological polar surface area (TPSA) is 121 Å². The van der Waals surface area contributed by atoms with E-state index in [4.69, 9.17) is 0 Å². The minimum atomic E-state index is 0.0757. The van der Waals surface area contributed by atoms with Crippen LogP contribution in [0.3, 0.4) is 0 Å². The number of piperidine rings is 1. The number of nitrogens with zero attached hydrogens (tertiary/aromatic N) is 6. The molecule has 188 valence electrons. The molecule has 0 aliphatic carbocycles. The third kappa shape index (κ3) is 6.04. The van der Waals surface area contributed by atoms with Gasteiger partial charge in [-0.15, -0.1) is 0 Å². The van der Waals surface area contributed by atoms with Crippen molar-refractivity contribution in [2.24, 2.45) is 5.92 Å². The SMILES string of the molecule is Cc1cccc(-c2nccc(Nc3ccnc(Nc4ccc(N(C)C(=O)C5CCNCC5)cc4)n3)n2)n1. The van der Waals surface area contributed by atoms with Crippen LogP contribution in [0.2, 0.25) is 0 Å². The Bertz CT molecular complexity index is 1370. The quantitative estimate of drug-likeness (QED) is 0.348. The van der Waals surface area contributed by atoms with Crippen molar-refractivity contribution in [3.05, 3.63) is 72.7 Å². The number of pyridine rings is 1. The number of benzene rings is 1. The van der Waals surface area contributed by atoms with E-state index in [1.54, 1.807) is 29.4 Å². The van der Waals surface area contributed by atoms with Gasteiger partial charge in [0.05, 0.1) is 0 Å². The number of nitrogens with one attached hydrogen (secondary N) is 3. The fourth-order valence-electron chi connectivity index (χ4n) is 4.21. The van der Waals surface area contributed by atoms with Gasteiger partial charge < -0.3 is 20.9 Å². The average Bonchev–Trinajstić information content (AvgIpc) is 2.93. The summed E-state index contributed by atoms with van der Waals surface area (Å²) in [5.41, 5.74) is 3.28. The number of amides is 1. The smallest absolute Gasteiger partial charge is 0.229 e. The number of aryl methyl sites for hydroxylation is 1. The fraction of sp³-hybridized carbons (Fsp3) is 0.259. The Hall–Kier alpha value is -4.44. The van der Waals surface area contributed by atoms with Gasteiger partial charge in [0.15, 0.2) is 5.82 Å². The van der Waals surface area contributed by atoms with Gasteiger partial charge in [0.25, 0.3) is 0 Å². The van der Waals surface area contributed by atoms with E-state index in [-0.39, 0.29) is 11.8 Å². The molecule has 3 aromatic heterocycles. The standard InChI is InChI=1S/C27H29N9O/c1-18-4-3-5-22(31-18)25-29-16-12-23(34-25)33-24-13-17-30-27(35-24)32-20-6-8-21(9-7-20)36(2)26(37)19-10-14-28-15-11-19/h3-9,12-13,16-17,19,28H,10-11,14-15H2,1-2H3,(H2,29,30,32,33,34,35). The maximum atomic E-state index is 12.8. The summed E-state index contributed by atoms with van der Waals surface area (Å²) >= 11 is 0. The summed E-state index contributed by atoms with van der Waals surface area (Å²) < 4.78 is 0. The van der Waals surface area contributed by atoms with E-state index in [9.17, 15) is 4.79 Å². The van der Waals surface area contributed by atoms with E-state index in [2.05, 4.69) is 40.9 Å². The lowest BCUT2D eigenvalue weighted by Crippen LogP contribution is -2.39. The van der Waals surface area contributed by atoms with Crippen LogP contribution < -0.4 is 20.9 Å². The monoisotopic (exact) mass is 495 g/mol. The summed E-state index contributed by atoms with van der Waals surface area (Å²) in [5, 5.41) is 9.72. The number of aromatic nitrogens is 5. The number of hydrogen-bond donors (Lipinski definition) is 3. The van der Waals surface area contributed by atoms with Crippen LogP contribution in [-0.4, -0.2) is 51.0 Å². The largest absolute Gasteiger partial charge is 0.325 e. The molecule has 4 heterocycles. The minimum Gasteiger partial charge on any atom is -0.325 e. The van der Waals surface area contributed by atoms with Gasteiger partial charge in [0, 0.05) is 42.4 Å². The number of anilines is 5. The predicted molar refractivity (Wildman–Crippen MR) is 144 cm³/mol. The maximum Gasteiger partial charge on any atom is 0.229 e. The van der Waals surface area contributed by atoms with E-state index in [1.165, 1.54) is 0 Å². The third-order valence-corrected chi connectivity index (χ3v) is 6.21. The molecule has 3 N–H and O–H groups in total. The molecule has 0 spiro atoms. The lowest BCUT2D eigenvalue weighted by Gasteiger charge is -2.27. The zero-order valence-corrected chi connectivity index (χ0v) is 20.8. The molecule has 1 saturated heterocycles. The average molecular weight is 496 g/mol. The normalized spacial score (nSPS) is 13.7. The first-order valence-electron chi connectivity index (χ1n) is 12.3. The van der Waals surface area contributed by atoms with Crippen molar-refractivity contribution in [3.8, 4) is 11.5 Å². The van der Waals surface area contributed by atoms with Gasteiger partial charge in [0.1, 0.15) is 17.3 Å². The molecule has 37 heavy (non-hydrogen) atoms. The number of carbonyl (C=O) groups excluding carboxylic acids is 1. The van der Waals surface area contributed by atoms with Crippen molar-refractivity contribution >= 4 is 34.9 Å². The highest BCUT2D eigenvalue weighted by Crippen LogP contribution is 2.23. The summed E-state index contributed by atoms with van der Waals surface area (Å²) in [5.74, 6) is 2.39. The van der Waals surface area contributed by atoms with E-state index in [1.807, 2.05) is 56.4 Å². The summed E-state index contributed by atoms with van der Waals surface area (Å²) in [7, 11) is 1.83. The van der Waals surface area contributed by atoms with Crippen LogP contribution in [0.15, 0.2) is 67.0 Å². The first-order chi connectivity index (χ1) is 18.0. The molecule has 10 heteroatoms. The van der Waals surface area contributed by atoms with Crippen LogP contribution in [0, 0.1) is 12.8 Å². The summed E-state index contributed by atoms with van der Waals surface area (Å²) in [6.45, 7) is 3.72. The minimum absolute atomic E-state index is 0.0757. The van der Waals surface area contributed by atoms with Gasteiger partial charge in [-0.05, 0) is 81.4 Å². The molecule has 1 fully saturated rings. The van der Waals surface area contributed by atoms with E-state index >= 15 is 0 Å². The number of hydrogen-bond acceptors (Lipinski definition) is 9. The summed E-state index contributed by atoms with van der Waals surface area (Å²) in [6, 6.07) is 17.0. The van der Waals surface area contributed by atoms with Crippen molar-refractivity contribution in [1.82, 2.24) is 30.2 Å². The Morgan fingerprint density at radius 3 is 2.38 bits per heavy atom. The van der Waals surface area contributed by atoms with Crippen LogP contribution in [-0.2, 0) is 4.79 Å². The molecule has 1 amide bonds. The molecule has 10 nitrogen and oxygen atoms in total. The molecule has 0 bridgehead atoms. The van der Waals surface area contributed by atoms with E-state index in [0.29, 0.717) is 29.1 Å². The highest BCUT2D eigenvalue weighted by Gasteiger charge is 2.24. The second-order valence-electron chi connectivity index (χ2n) is 8.91. The summed E-state index contributed by atoms with van der Waals surface area (Å²) in [4.78, 5) is 36.8. The van der Waals surface area contributed by atoms with Gasteiger partial charge in [-0.2, -0.15) is 4.98 Å². The van der Waals surface area contributed by atoms with Crippen LogP contribution in [0.4, 0.5) is 29.0 Å². The van der Waals surface area contributed by atoms with Gasteiger partial charge in [-0.1, -0.05) is 6.07 Å². The highest BCUT2D eigenvalue weighted by atomic mass is 16.2.